The molecule has 94 valence electrons. The van der Waals surface area contributed by atoms with Gasteiger partial charge in [0.1, 0.15) is 17.4 Å². The van der Waals surface area contributed by atoms with Crippen LogP contribution in [0.2, 0.25) is 0 Å². The van der Waals surface area contributed by atoms with Crippen LogP contribution in [0.15, 0.2) is 18.2 Å². The highest BCUT2D eigenvalue weighted by Crippen LogP contribution is 2.25. The summed E-state index contributed by atoms with van der Waals surface area (Å²) < 4.78 is 50.1. The summed E-state index contributed by atoms with van der Waals surface area (Å²) in [6.07, 6.45) is -4.38. The van der Waals surface area contributed by atoms with Crippen molar-refractivity contribution in [3.8, 4) is 0 Å². The molecular weight excluding hydrogens is 256 g/mol. The van der Waals surface area contributed by atoms with Crippen LogP contribution in [0.4, 0.5) is 23.2 Å². The van der Waals surface area contributed by atoms with Crippen molar-refractivity contribution in [3.63, 3.8) is 0 Å². The molecule has 0 spiro atoms. The number of alkyl halides is 3. The molecule has 1 aromatic carbocycles. The zero-order valence-corrected chi connectivity index (χ0v) is 9.70. The molecule has 0 radical (unpaired) electrons. The van der Waals surface area contributed by atoms with Crippen LogP contribution in [-0.4, -0.2) is 24.8 Å². The molecule has 0 bridgehead atoms. The molecule has 2 nitrogen and oxygen atoms in total. The fourth-order valence-corrected chi connectivity index (χ4v) is 1.63. The minimum Gasteiger partial charge on any atom is -0.389 e. The van der Waals surface area contributed by atoms with Crippen molar-refractivity contribution in [2.24, 2.45) is 5.73 Å². The number of nitrogens with zero attached hydrogens (tertiary/aromatic N) is 1. The second kappa shape index (κ2) is 4.87. The Balaban J connectivity index is 3.13. The molecule has 7 heteroatoms. The van der Waals surface area contributed by atoms with Crippen LogP contribution in [0, 0.1) is 5.82 Å². The molecule has 0 aliphatic heterocycles. The summed E-state index contributed by atoms with van der Waals surface area (Å²) in [6.45, 7) is -1.20. The number of halogens is 4. The second-order valence-corrected chi connectivity index (χ2v) is 3.91. The molecule has 17 heavy (non-hydrogen) atoms. The monoisotopic (exact) mass is 266 g/mol. The average molecular weight is 266 g/mol. The summed E-state index contributed by atoms with van der Waals surface area (Å²) in [5.41, 5.74) is 5.15. The van der Waals surface area contributed by atoms with Gasteiger partial charge in [-0.1, -0.05) is 18.3 Å². The van der Waals surface area contributed by atoms with E-state index in [2.05, 4.69) is 12.2 Å². The normalized spacial score (nSPS) is 11.4. The maximum Gasteiger partial charge on any atom is 0.405 e. The van der Waals surface area contributed by atoms with E-state index in [0.29, 0.717) is 0 Å². The molecular formula is C10H10F4N2S. The van der Waals surface area contributed by atoms with Gasteiger partial charge in [-0.25, -0.2) is 4.39 Å². The van der Waals surface area contributed by atoms with Crippen molar-refractivity contribution >= 4 is 22.9 Å². The molecule has 0 saturated heterocycles. The first-order chi connectivity index (χ1) is 7.72. The molecule has 0 fully saturated rings. The Hall–Kier alpha value is -1.37. The SMILES string of the molecule is CN(CC(F)(F)F)c1cccc(F)c1C(N)=S. The van der Waals surface area contributed by atoms with Crippen LogP contribution in [0.25, 0.3) is 0 Å². The zero-order valence-electron chi connectivity index (χ0n) is 8.88. The molecule has 0 saturated carbocycles. The van der Waals surface area contributed by atoms with Crippen LogP contribution >= 0.6 is 12.2 Å². The number of nitrogens with two attached hydrogens (primary N) is 1. The summed E-state index contributed by atoms with van der Waals surface area (Å²) >= 11 is 4.63. The van der Waals surface area contributed by atoms with E-state index in [1.807, 2.05) is 0 Å². The van der Waals surface area contributed by atoms with E-state index in [1.54, 1.807) is 0 Å². The fraction of sp³-hybridized carbons (Fsp3) is 0.300. The predicted octanol–water partition coefficient (Wildman–Crippen LogP) is 2.46. The average Bonchev–Trinajstić information content (AvgIpc) is 2.13. The van der Waals surface area contributed by atoms with Gasteiger partial charge >= 0.3 is 6.18 Å². The number of hydrogen-bond donors (Lipinski definition) is 1. The van der Waals surface area contributed by atoms with Crippen molar-refractivity contribution < 1.29 is 17.6 Å². The van der Waals surface area contributed by atoms with Gasteiger partial charge in [0, 0.05) is 12.7 Å². The maximum atomic E-state index is 13.4. The lowest BCUT2D eigenvalue weighted by Crippen LogP contribution is -2.32. The number of thiocarbonyl (C=S) groups is 1. The van der Waals surface area contributed by atoms with Crippen molar-refractivity contribution in [1.82, 2.24) is 0 Å². The minimum atomic E-state index is -4.38. The van der Waals surface area contributed by atoms with E-state index in [-0.39, 0.29) is 16.2 Å². The Kier molecular flexibility index (Phi) is 3.92. The predicted molar refractivity (Wildman–Crippen MR) is 61.6 cm³/mol. The van der Waals surface area contributed by atoms with Gasteiger partial charge in [0.25, 0.3) is 0 Å². The smallest absolute Gasteiger partial charge is 0.389 e. The highest BCUT2D eigenvalue weighted by atomic mass is 32.1. The third kappa shape index (κ3) is 3.55. The highest BCUT2D eigenvalue weighted by molar-refractivity contribution is 7.80. The summed E-state index contributed by atoms with van der Waals surface area (Å²) in [4.78, 5) is 0.588. The first-order valence-corrected chi connectivity index (χ1v) is 4.99. The fourth-order valence-electron chi connectivity index (χ4n) is 1.43. The van der Waals surface area contributed by atoms with E-state index in [4.69, 9.17) is 5.73 Å². The molecule has 0 heterocycles. The van der Waals surface area contributed by atoms with Crippen LogP contribution in [0.5, 0.6) is 0 Å². The zero-order chi connectivity index (χ0) is 13.2. The molecule has 0 aliphatic carbocycles. The van der Waals surface area contributed by atoms with E-state index in [0.717, 1.165) is 11.0 Å². The van der Waals surface area contributed by atoms with Gasteiger partial charge in [0.05, 0.1) is 5.56 Å². The summed E-state index contributed by atoms with van der Waals surface area (Å²) in [7, 11) is 1.20. The number of hydrogen-bond acceptors (Lipinski definition) is 2. The van der Waals surface area contributed by atoms with Gasteiger partial charge in [-0.3, -0.25) is 0 Å². The Morgan fingerprint density at radius 1 is 1.41 bits per heavy atom. The second-order valence-electron chi connectivity index (χ2n) is 3.47. The molecule has 0 unspecified atom stereocenters. The Morgan fingerprint density at radius 3 is 2.47 bits per heavy atom. The Morgan fingerprint density at radius 2 is 2.00 bits per heavy atom. The number of rotatable bonds is 3. The van der Waals surface area contributed by atoms with Crippen molar-refractivity contribution in [2.45, 2.75) is 6.18 Å². The van der Waals surface area contributed by atoms with Crippen LogP contribution in [0.3, 0.4) is 0 Å². The molecule has 2 N–H and O–H groups in total. The summed E-state index contributed by atoms with van der Waals surface area (Å²) in [5.74, 6) is -0.732. The maximum absolute atomic E-state index is 13.4. The first-order valence-electron chi connectivity index (χ1n) is 4.58. The van der Waals surface area contributed by atoms with E-state index < -0.39 is 18.5 Å². The largest absolute Gasteiger partial charge is 0.405 e. The minimum absolute atomic E-state index is 0.0230. The summed E-state index contributed by atoms with van der Waals surface area (Å²) in [5, 5.41) is 0. The van der Waals surface area contributed by atoms with Crippen LogP contribution in [0.1, 0.15) is 5.56 Å². The third-order valence-corrected chi connectivity index (χ3v) is 2.27. The molecule has 1 aromatic rings. The lowest BCUT2D eigenvalue weighted by atomic mass is 10.1. The quantitative estimate of drug-likeness (QED) is 0.673. The third-order valence-electron chi connectivity index (χ3n) is 2.07. The summed E-state index contributed by atoms with van der Waals surface area (Å²) in [6, 6.07) is 3.74. The van der Waals surface area contributed by atoms with Crippen LogP contribution in [-0.2, 0) is 0 Å². The molecule has 0 aliphatic rings. The van der Waals surface area contributed by atoms with Gasteiger partial charge in [0.15, 0.2) is 0 Å². The molecule has 1 rings (SSSR count). The highest BCUT2D eigenvalue weighted by Gasteiger charge is 2.30. The van der Waals surface area contributed by atoms with Gasteiger partial charge < -0.3 is 10.6 Å². The van der Waals surface area contributed by atoms with Crippen molar-refractivity contribution in [2.75, 3.05) is 18.5 Å². The van der Waals surface area contributed by atoms with Gasteiger partial charge in [-0.2, -0.15) is 13.2 Å². The van der Waals surface area contributed by atoms with Gasteiger partial charge in [0.2, 0.25) is 0 Å². The van der Waals surface area contributed by atoms with Crippen LogP contribution < -0.4 is 10.6 Å². The first kappa shape index (κ1) is 13.7. The van der Waals surface area contributed by atoms with Crippen molar-refractivity contribution in [3.05, 3.63) is 29.6 Å². The molecule has 0 amide bonds. The van der Waals surface area contributed by atoms with Crippen molar-refractivity contribution in [1.29, 1.82) is 0 Å². The van der Waals surface area contributed by atoms with E-state index in [9.17, 15) is 17.6 Å². The van der Waals surface area contributed by atoms with E-state index >= 15 is 0 Å². The lowest BCUT2D eigenvalue weighted by Gasteiger charge is -2.23. The molecule has 0 atom stereocenters. The molecule has 0 aromatic heterocycles. The topological polar surface area (TPSA) is 29.3 Å². The lowest BCUT2D eigenvalue weighted by molar-refractivity contribution is -0.119. The number of anilines is 1. The van der Waals surface area contributed by atoms with Gasteiger partial charge in [-0.05, 0) is 12.1 Å². The number of benzene rings is 1. The van der Waals surface area contributed by atoms with Gasteiger partial charge in [-0.15, -0.1) is 0 Å². The standard InChI is InChI=1S/C10H10F4N2S/c1-16(5-10(12,13)14)7-4-2-3-6(11)8(7)9(15)17/h2-4H,5H2,1H3,(H2,15,17). The van der Waals surface area contributed by atoms with E-state index in [1.165, 1.54) is 19.2 Å². The Labute approximate surface area is 101 Å². The Bertz CT molecular complexity index is 431.